The molecule has 0 saturated carbocycles. The lowest BCUT2D eigenvalue weighted by atomic mass is 10.0. The van der Waals surface area contributed by atoms with E-state index in [-0.39, 0.29) is 24.8 Å². The molecule has 1 atom stereocenters. The van der Waals surface area contributed by atoms with Gasteiger partial charge < -0.3 is 15.7 Å². The van der Waals surface area contributed by atoms with E-state index in [2.05, 4.69) is 10.6 Å². The van der Waals surface area contributed by atoms with E-state index in [1.54, 1.807) is 38.1 Å². The van der Waals surface area contributed by atoms with Crippen molar-refractivity contribution in [3.05, 3.63) is 34.9 Å². The lowest BCUT2D eigenvalue weighted by molar-refractivity contribution is -0.137. The highest BCUT2D eigenvalue weighted by atomic mass is 35.5. The molecule has 0 spiro atoms. The van der Waals surface area contributed by atoms with E-state index >= 15 is 0 Å². The molecule has 0 radical (unpaired) electrons. The van der Waals surface area contributed by atoms with Crippen LogP contribution in [0.4, 0.5) is 0 Å². The highest BCUT2D eigenvalue weighted by Crippen LogP contribution is 2.10. The van der Waals surface area contributed by atoms with Crippen LogP contribution in [0.3, 0.4) is 0 Å². The molecule has 0 bridgehead atoms. The van der Waals surface area contributed by atoms with Crippen molar-refractivity contribution >= 4 is 29.4 Å². The van der Waals surface area contributed by atoms with Crippen molar-refractivity contribution in [1.29, 1.82) is 0 Å². The molecule has 7 heteroatoms. The third kappa shape index (κ3) is 5.73. The van der Waals surface area contributed by atoms with E-state index in [4.69, 9.17) is 16.7 Å². The Hall–Kier alpha value is -2.08. The highest BCUT2D eigenvalue weighted by molar-refractivity contribution is 6.30. The van der Waals surface area contributed by atoms with Gasteiger partial charge in [0.05, 0.1) is 6.42 Å². The topological polar surface area (TPSA) is 95.5 Å². The van der Waals surface area contributed by atoms with Crippen molar-refractivity contribution in [2.24, 2.45) is 5.92 Å². The molecule has 0 fully saturated rings. The van der Waals surface area contributed by atoms with Gasteiger partial charge in [-0.05, 0) is 30.2 Å². The van der Waals surface area contributed by atoms with Crippen molar-refractivity contribution in [3.8, 4) is 0 Å². The average molecular weight is 327 g/mol. The molecule has 3 N–H and O–H groups in total. The first-order chi connectivity index (χ1) is 10.3. The Balaban J connectivity index is 2.67. The summed E-state index contributed by atoms with van der Waals surface area (Å²) in [7, 11) is 0. The lowest BCUT2D eigenvalue weighted by Gasteiger charge is -2.21. The highest BCUT2D eigenvalue weighted by Gasteiger charge is 2.24. The number of aliphatic carboxylic acids is 1. The lowest BCUT2D eigenvalue weighted by Crippen LogP contribution is -2.50. The molecular formula is C15H19ClN2O4. The van der Waals surface area contributed by atoms with Gasteiger partial charge in [0.1, 0.15) is 6.04 Å². The van der Waals surface area contributed by atoms with Gasteiger partial charge in [0.15, 0.2) is 0 Å². The number of carbonyl (C=O) groups excluding carboxylic acids is 2. The third-order valence-corrected chi connectivity index (χ3v) is 3.23. The zero-order valence-electron chi connectivity index (χ0n) is 12.4. The number of hydrogen-bond acceptors (Lipinski definition) is 3. The fourth-order valence-electron chi connectivity index (χ4n) is 1.76. The number of halogens is 1. The number of nitrogens with one attached hydrogen (secondary N) is 2. The van der Waals surface area contributed by atoms with E-state index in [0.717, 1.165) is 0 Å². The summed E-state index contributed by atoms with van der Waals surface area (Å²) in [6, 6.07) is 5.58. The Morgan fingerprint density at radius 2 is 1.77 bits per heavy atom. The van der Waals surface area contributed by atoms with Gasteiger partial charge in [0.2, 0.25) is 5.91 Å². The largest absolute Gasteiger partial charge is 0.481 e. The summed E-state index contributed by atoms with van der Waals surface area (Å²) < 4.78 is 0. The third-order valence-electron chi connectivity index (χ3n) is 2.98. The second kappa shape index (κ2) is 8.38. The van der Waals surface area contributed by atoms with Crippen LogP contribution < -0.4 is 10.6 Å². The molecule has 0 heterocycles. The number of carboxylic acids is 1. The van der Waals surface area contributed by atoms with Crippen LogP contribution in [0.5, 0.6) is 0 Å². The predicted octanol–water partition coefficient (Wildman–Crippen LogP) is 1.69. The number of hydrogen-bond donors (Lipinski definition) is 3. The number of carboxylic acid groups (broad SMARTS) is 1. The Kier molecular flexibility index (Phi) is 6.85. The molecular weight excluding hydrogens is 308 g/mol. The number of carbonyl (C=O) groups is 3. The Bertz CT molecular complexity index is 543. The molecule has 6 nitrogen and oxygen atoms in total. The Morgan fingerprint density at radius 3 is 2.27 bits per heavy atom. The second-order valence-corrected chi connectivity index (χ2v) is 5.57. The van der Waals surface area contributed by atoms with E-state index in [9.17, 15) is 14.4 Å². The first-order valence-electron chi connectivity index (χ1n) is 6.87. The maximum Gasteiger partial charge on any atom is 0.305 e. The van der Waals surface area contributed by atoms with Crippen LogP contribution in [-0.2, 0) is 9.59 Å². The minimum absolute atomic E-state index is 0.0220. The minimum Gasteiger partial charge on any atom is -0.481 e. The van der Waals surface area contributed by atoms with Crippen molar-refractivity contribution < 1.29 is 19.5 Å². The maximum absolute atomic E-state index is 12.1. The summed E-state index contributed by atoms with van der Waals surface area (Å²) in [5.41, 5.74) is 0.397. The molecule has 0 aliphatic rings. The van der Waals surface area contributed by atoms with Crippen LogP contribution in [0.15, 0.2) is 24.3 Å². The monoisotopic (exact) mass is 326 g/mol. The molecule has 120 valence electrons. The molecule has 0 aliphatic carbocycles. The van der Waals surface area contributed by atoms with Gasteiger partial charge in [0.25, 0.3) is 5.91 Å². The van der Waals surface area contributed by atoms with E-state index in [1.165, 1.54) is 0 Å². The molecule has 0 aliphatic heterocycles. The van der Waals surface area contributed by atoms with Crippen LogP contribution in [0.25, 0.3) is 0 Å². The Morgan fingerprint density at radius 1 is 1.18 bits per heavy atom. The molecule has 0 aromatic heterocycles. The SMILES string of the molecule is CC(C)C(NC(=O)c1ccc(Cl)cc1)C(=O)NCCC(=O)O. The zero-order chi connectivity index (χ0) is 16.7. The van der Waals surface area contributed by atoms with Crippen molar-refractivity contribution in [2.45, 2.75) is 26.3 Å². The molecule has 22 heavy (non-hydrogen) atoms. The van der Waals surface area contributed by atoms with Crippen LogP contribution in [0.2, 0.25) is 5.02 Å². The summed E-state index contributed by atoms with van der Waals surface area (Å²) in [6.07, 6.45) is -0.165. The summed E-state index contributed by atoms with van der Waals surface area (Å²) in [6.45, 7) is 3.61. The quantitative estimate of drug-likeness (QED) is 0.710. The molecule has 1 unspecified atom stereocenters. The fraction of sp³-hybridized carbons (Fsp3) is 0.400. The normalized spacial score (nSPS) is 11.8. The smallest absolute Gasteiger partial charge is 0.305 e. The van der Waals surface area contributed by atoms with Gasteiger partial charge in [0, 0.05) is 17.1 Å². The summed E-state index contributed by atoms with van der Waals surface area (Å²) in [4.78, 5) is 34.6. The van der Waals surface area contributed by atoms with Gasteiger partial charge in [-0.15, -0.1) is 0 Å². The maximum atomic E-state index is 12.1. The van der Waals surface area contributed by atoms with Gasteiger partial charge in [-0.1, -0.05) is 25.4 Å². The van der Waals surface area contributed by atoms with Gasteiger partial charge in [-0.25, -0.2) is 0 Å². The molecule has 1 rings (SSSR count). The molecule has 1 aromatic rings. The molecule has 2 amide bonds. The van der Waals surface area contributed by atoms with Crippen LogP contribution in [-0.4, -0.2) is 35.5 Å². The summed E-state index contributed by atoms with van der Waals surface area (Å²) in [5.74, 6) is -1.92. The zero-order valence-corrected chi connectivity index (χ0v) is 13.2. The van der Waals surface area contributed by atoms with E-state index in [1.807, 2.05) is 0 Å². The van der Waals surface area contributed by atoms with Crippen LogP contribution in [0, 0.1) is 5.92 Å². The first-order valence-corrected chi connectivity index (χ1v) is 7.25. The standard InChI is InChI=1S/C15H19ClN2O4/c1-9(2)13(15(22)17-8-7-12(19)20)18-14(21)10-3-5-11(16)6-4-10/h3-6,9,13H,7-8H2,1-2H3,(H,17,22)(H,18,21)(H,19,20). The van der Waals surface area contributed by atoms with Crippen molar-refractivity contribution in [1.82, 2.24) is 10.6 Å². The predicted molar refractivity (Wildman–Crippen MR) is 82.8 cm³/mol. The average Bonchev–Trinajstić information content (AvgIpc) is 2.44. The fourth-order valence-corrected chi connectivity index (χ4v) is 1.89. The van der Waals surface area contributed by atoms with Crippen LogP contribution in [0.1, 0.15) is 30.6 Å². The van der Waals surface area contributed by atoms with Crippen molar-refractivity contribution in [3.63, 3.8) is 0 Å². The number of benzene rings is 1. The van der Waals surface area contributed by atoms with E-state index < -0.39 is 17.9 Å². The summed E-state index contributed by atoms with van der Waals surface area (Å²) >= 11 is 5.76. The number of rotatable bonds is 7. The minimum atomic E-state index is -0.994. The van der Waals surface area contributed by atoms with Crippen molar-refractivity contribution in [2.75, 3.05) is 6.54 Å². The molecule has 0 saturated heterocycles. The second-order valence-electron chi connectivity index (χ2n) is 5.14. The molecule has 1 aromatic carbocycles. The van der Waals surface area contributed by atoms with Gasteiger partial charge in [-0.3, -0.25) is 14.4 Å². The van der Waals surface area contributed by atoms with Gasteiger partial charge in [-0.2, -0.15) is 0 Å². The van der Waals surface area contributed by atoms with Gasteiger partial charge >= 0.3 is 5.97 Å². The van der Waals surface area contributed by atoms with E-state index in [0.29, 0.717) is 10.6 Å². The Labute approximate surface area is 133 Å². The van der Waals surface area contributed by atoms with Crippen LogP contribution >= 0.6 is 11.6 Å². The number of amides is 2. The summed E-state index contributed by atoms with van der Waals surface area (Å²) in [5, 5.41) is 14.2. The first kappa shape index (κ1) is 18.0.